The summed E-state index contributed by atoms with van der Waals surface area (Å²) in [5.41, 5.74) is 0.480. The summed E-state index contributed by atoms with van der Waals surface area (Å²) in [7, 11) is 0. The van der Waals surface area contributed by atoms with Gasteiger partial charge in [-0.25, -0.2) is 0 Å². The Labute approximate surface area is 116 Å². The first-order valence-electron chi connectivity index (χ1n) is 4.43. The second-order valence-electron chi connectivity index (χ2n) is 2.83. The van der Waals surface area contributed by atoms with Gasteiger partial charge in [0.05, 0.1) is 0 Å². The first-order valence-corrected chi connectivity index (χ1v) is 7.19. The van der Waals surface area contributed by atoms with Gasteiger partial charge >= 0.3 is 33.5 Å². The summed E-state index contributed by atoms with van der Waals surface area (Å²) in [5, 5.41) is 17.7. The predicted molar refractivity (Wildman–Crippen MR) is 63.8 cm³/mol. The van der Waals surface area contributed by atoms with Gasteiger partial charge in [0.15, 0.2) is 0 Å². The van der Waals surface area contributed by atoms with E-state index >= 15 is 0 Å². The summed E-state index contributed by atoms with van der Waals surface area (Å²) in [4.78, 5) is 13.8. The van der Waals surface area contributed by atoms with Gasteiger partial charge in [-0.3, -0.25) is 9.79 Å². The number of carboxylic acid groups (broad SMARTS) is 1. The number of phenolic OH excluding ortho intramolecular Hbond substituents is 1. The Morgan fingerprint density at radius 2 is 2.06 bits per heavy atom. The molecule has 0 atom stereocenters. The van der Waals surface area contributed by atoms with Crippen molar-refractivity contribution in [2.24, 2.45) is 4.99 Å². The molecule has 0 saturated carbocycles. The molecular weight excluding hydrogens is 349 g/mol. The zero-order valence-corrected chi connectivity index (χ0v) is 12.0. The Hall–Kier alpha value is -1.06. The van der Waals surface area contributed by atoms with E-state index in [9.17, 15) is 9.90 Å². The minimum atomic E-state index is -2.94. The van der Waals surface area contributed by atoms with Crippen molar-refractivity contribution < 1.29 is 42.6 Å². The molecule has 9 heteroatoms. The Kier molecular flexibility index (Phi) is 8.43. The van der Waals surface area contributed by atoms with Crippen LogP contribution in [0.4, 0.5) is 0 Å². The maximum absolute atomic E-state index is 10.2. The number of carboxylic acids is 1. The first-order chi connectivity index (χ1) is 8.34. The molecule has 0 heterocycles. The average Bonchev–Trinajstić information content (AvgIpc) is 2.21. The van der Waals surface area contributed by atoms with Crippen molar-refractivity contribution in [3.8, 4) is 5.75 Å². The molecule has 0 radical (unpaired) electrons. The molecule has 1 rings (SSSR count). The third-order valence-corrected chi connectivity index (χ3v) is 2.17. The fourth-order valence-electron chi connectivity index (χ4n) is 0.868. The van der Waals surface area contributed by atoms with Crippen molar-refractivity contribution in [3.63, 3.8) is 0 Å². The van der Waals surface area contributed by atoms with E-state index in [4.69, 9.17) is 16.8 Å². The Morgan fingerprint density at radius 1 is 1.50 bits per heavy atom. The molecule has 0 amide bonds. The number of benzene rings is 1. The van der Waals surface area contributed by atoms with Crippen molar-refractivity contribution in [2.45, 2.75) is 0 Å². The van der Waals surface area contributed by atoms with Crippen LogP contribution in [0.5, 0.6) is 5.75 Å². The van der Waals surface area contributed by atoms with E-state index in [-0.39, 0.29) is 12.3 Å². The fraction of sp³-hybridized carbons (Fsp3) is 0.111. The van der Waals surface area contributed by atoms with Gasteiger partial charge in [-0.2, -0.15) is 0 Å². The van der Waals surface area contributed by atoms with Crippen molar-refractivity contribution in [2.75, 3.05) is 6.54 Å². The summed E-state index contributed by atoms with van der Waals surface area (Å²) in [6.45, 7) is -0.305. The summed E-state index contributed by atoms with van der Waals surface area (Å²) < 4.78 is 21.4. The van der Waals surface area contributed by atoms with Crippen LogP contribution in [0, 0.1) is 0 Å². The van der Waals surface area contributed by atoms with E-state index in [1.807, 2.05) is 0 Å². The second kappa shape index (κ2) is 8.95. The maximum atomic E-state index is 10.2. The topological polar surface area (TPSA) is 133 Å². The molecule has 1 aromatic rings. The van der Waals surface area contributed by atoms with Gasteiger partial charge in [-0.15, -0.1) is 0 Å². The van der Waals surface area contributed by atoms with Gasteiger partial charge in [-0.1, -0.05) is 6.07 Å². The second-order valence-corrected chi connectivity index (χ2v) is 4.60. The monoisotopic (exact) mass is 360 g/mol. The summed E-state index contributed by atoms with van der Waals surface area (Å²) in [6, 6.07) is 4.92. The molecule has 0 aliphatic carbocycles. The van der Waals surface area contributed by atoms with Crippen LogP contribution in [0.1, 0.15) is 5.56 Å². The molecule has 7 nitrogen and oxygen atoms in total. The van der Waals surface area contributed by atoms with Crippen LogP contribution in [0.15, 0.2) is 27.7 Å². The van der Waals surface area contributed by atoms with E-state index in [0.717, 1.165) is 0 Å². The zero-order chi connectivity index (χ0) is 14.1. The molecule has 0 aliphatic rings. The fourth-order valence-corrected chi connectivity index (χ4v) is 1.33. The van der Waals surface area contributed by atoms with Crippen LogP contribution >= 0.6 is 15.9 Å². The number of hydrogen-bond donors (Lipinski definition) is 2. The van der Waals surface area contributed by atoms with Crippen LogP contribution in [0.25, 0.3) is 0 Å². The van der Waals surface area contributed by atoms with Gasteiger partial charge in [0.1, 0.15) is 12.3 Å². The first kappa shape index (κ1) is 16.9. The molecule has 6 N–H and O–H groups in total. The van der Waals surface area contributed by atoms with Crippen LogP contribution in [0.3, 0.4) is 0 Å². The third kappa shape index (κ3) is 8.10. The molecule has 0 fully saturated rings. The van der Waals surface area contributed by atoms with Crippen molar-refractivity contribution in [1.82, 2.24) is 0 Å². The predicted octanol–water partition coefficient (Wildman–Crippen LogP) is -0.113. The molecule has 0 aromatic heterocycles. The third-order valence-electron chi connectivity index (χ3n) is 1.48. The average molecular weight is 361 g/mol. The van der Waals surface area contributed by atoms with Crippen LogP contribution in [-0.2, 0) is 24.3 Å². The van der Waals surface area contributed by atoms with Gasteiger partial charge < -0.3 is 10.2 Å². The number of halogens is 1. The van der Waals surface area contributed by atoms with E-state index in [1.54, 1.807) is 12.1 Å². The number of hydrogen-bond acceptors (Lipinski definition) is 4. The molecule has 18 heavy (non-hydrogen) atoms. The van der Waals surface area contributed by atoms with Gasteiger partial charge in [0.25, 0.3) is 0 Å². The summed E-state index contributed by atoms with van der Waals surface area (Å²) >= 11 is 0.278. The van der Waals surface area contributed by atoms with Crippen LogP contribution in [0.2, 0.25) is 0 Å². The van der Waals surface area contributed by atoms with Crippen LogP contribution < -0.4 is 0 Å². The van der Waals surface area contributed by atoms with E-state index < -0.39 is 21.8 Å². The normalized spacial score (nSPS) is 9.72. The number of nitrogens with zero attached hydrogens (tertiary/aromatic N) is 1. The summed E-state index contributed by atoms with van der Waals surface area (Å²) in [5.74, 6) is -0.943. The molecule has 0 unspecified atom stereocenters. The van der Waals surface area contributed by atoms with Crippen molar-refractivity contribution >= 4 is 28.1 Å². The van der Waals surface area contributed by atoms with Gasteiger partial charge in [0, 0.05) is 16.3 Å². The van der Waals surface area contributed by atoms with E-state index in [1.165, 1.54) is 12.3 Å². The van der Waals surface area contributed by atoms with Crippen molar-refractivity contribution in [3.05, 3.63) is 28.2 Å². The standard InChI is InChI=1S/C9H8BrNO3.2H2O.O.V/c10-7-2-1-3-8(12)6(7)4-11-5-9(13)14;;;;/h1-4,12H,5H2,(H,13,14);2*1H2;;/q;;;;+2. The SMILES string of the molecule is O=C(O)CN=Cc1c(O)cccc1Br.[O]=[V]([OH2+])[OH2+]. The Balaban J connectivity index is 0.000000631. The van der Waals surface area contributed by atoms with Gasteiger partial charge in [0.2, 0.25) is 0 Å². The molecule has 1 aromatic carbocycles. The van der Waals surface area contributed by atoms with Crippen LogP contribution in [-0.4, -0.2) is 37.0 Å². The quantitative estimate of drug-likeness (QED) is 0.574. The van der Waals surface area contributed by atoms with E-state index in [2.05, 4.69) is 20.9 Å². The Bertz CT molecular complexity index is 440. The molecule has 0 saturated heterocycles. The number of phenols is 1. The molecule has 99 valence electrons. The van der Waals surface area contributed by atoms with Crippen molar-refractivity contribution in [1.29, 1.82) is 0 Å². The minimum absolute atomic E-state index is 0.0634. The number of aliphatic imine (C=N–C) groups is 1. The molecule has 0 bridgehead atoms. The van der Waals surface area contributed by atoms with E-state index in [0.29, 0.717) is 10.0 Å². The number of carbonyl (C=O) groups is 1. The van der Waals surface area contributed by atoms with Gasteiger partial charge in [-0.05, 0) is 28.1 Å². The molecule has 0 aliphatic heterocycles. The number of rotatable bonds is 3. The molecular formula is C9H12BrNO6V+2. The zero-order valence-electron chi connectivity index (χ0n) is 9.00. The Morgan fingerprint density at radius 3 is 2.50 bits per heavy atom. The molecule has 0 spiro atoms. The number of aliphatic carboxylic acids is 1. The number of aromatic hydroxyl groups is 1. The summed E-state index contributed by atoms with van der Waals surface area (Å²) in [6.07, 6.45) is 1.33.